The topological polar surface area (TPSA) is 108 Å². The number of hydrogen-bond acceptors (Lipinski definition) is 5. The standard InChI is InChI=1S/C15H14F4N2O5/c16-7-4-8(17)12(19)13(11(7)18)25-5-9(22)10(26-15(20)24)3-6-1-2-21-14(6)23/h4,6,10H,1-3,5H2,(H2,20,24)(H,21,23)/t6-,10-/m0/s1. The number of nitrogens with one attached hydrogen (secondary N) is 1. The van der Waals surface area contributed by atoms with Crippen molar-refractivity contribution in [2.24, 2.45) is 11.7 Å². The summed E-state index contributed by atoms with van der Waals surface area (Å²) < 4.78 is 62.4. The van der Waals surface area contributed by atoms with Crippen LogP contribution in [-0.2, 0) is 14.3 Å². The Labute approximate surface area is 144 Å². The molecule has 2 atom stereocenters. The van der Waals surface area contributed by atoms with Gasteiger partial charge in [-0.3, -0.25) is 9.59 Å². The molecule has 0 bridgehead atoms. The Morgan fingerprint density at radius 3 is 2.35 bits per heavy atom. The lowest BCUT2D eigenvalue weighted by Gasteiger charge is -2.18. The highest BCUT2D eigenvalue weighted by Gasteiger charge is 2.33. The Morgan fingerprint density at radius 2 is 1.85 bits per heavy atom. The van der Waals surface area contributed by atoms with Crippen LogP contribution in [-0.4, -0.2) is 37.0 Å². The quantitative estimate of drug-likeness (QED) is 0.547. The van der Waals surface area contributed by atoms with E-state index in [2.05, 4.69) is 14.8 Å². The van der Waals surface area contributed by atoms with Gasteiger partial charge in [0.25, 0.3) is 0 Å². The molecule has 142 valence electrons. The minimum absolute atomic E-state index is 0.0168. The minimum atomic E-state index is -1.82. The van der Waals surface area contributed by atoms with Crippen molar-refractivity contribution in [1.82, 2.24) is 5.32 Å². The summed E-state index contributed by atoms with van der Waals surface area (Å²) >= 11 is 0. The van der Waals surface area contributed by atoms with Crippen molar-refractivity contribution in [2.45, 2.75) is 18.9 Å². The summed E-state index contributed by atoms with van der Waals surface area (Å²) in [6.07, 6.45) is -2.68. The Morgan fingerprint density at radius 1 is 1.23 bits per heavy atom. The number of primary amides is 1. The largest absolute Gasteiger partial charge is 0.479 e. The molecule has 0 aliphatic carbocycles. The van der Waals surface area contributed by atoms with Crippen LogP contribution in [0.2, 0.25) is 0 Å². The Hall–Kier alpha value is -2.85. The number of amides is 2. The highest BCUT2D eigenvalue weighted by Crippen LogP contribution is 2.27. The second-order valence-electron chi connectivity index (χ2n) is 5.49. The second-order valence-corrected chi connectivity index (χ2v) is 5.49. The molecule has 1 saturated heterocycles. The van der Waals surface area contributed by atoms with E-state index in [0.29, 0.717) is 13.0 Å². The summed E-state index contributed by atoms with van der Waals surface area (Å²) in [6, 6.07) is -0.0168. The number of benzene rings is 1. The van der Waals surface area contributed by atoms with Crippen LogP contribution < -0.4 is 15.8 Å². The Balaban J connectivity index is 2.10. The summed E-state index contributed by atoms with van der Waals surface area (Å²) in [6.45, 7) is -0.695. The van der Waals surface area contributed by atoms with Gasteiger partial charge in [-0.25, -0.2) is 13.6 Å². The zero-order valence-corrected chi connectivity index (χ0v) is 13.2. The van der Waals surface area contributed by atoms with E-state index < -0.39 is 59.5 Å². The van der Waals surface area contributed by atoms with Crippen LogP contribution in [0.5, 0.6) is 5.75 Å². The third-order valence-corrected chi connectivity index (χ3v) is 3.71. The van der Waals surface area contributed by atoms with E-state index in [1.54, 1.807) is 0 Å². The van der Waals surface area contributed by atoms with Crippen LogP contribution >= 0.6 is 0 Å². The molecule has 0 spiro atoms. The van der Waals surface area contributed by atoms with E-state index in [1.807, 2.05) is 0 Å². The molecule has 1 aliphatic heterocycles. The summed E-state index contributed by atoms with van der Waals surface area (Å²) in [5.74, 6) is -10.5. The van der Waals surface area contributed by atoms with Crippen LogP contribution in [0, 0.1) is 29.2 Å². The van der Waals surface area contributed by atoms with E-state index in [9.17, 15) is 31.9 Å². The van der Waals surface area contributed by atoms with Crippen molar-refractivity contribution in [1.29, 1.82) is 0 Å². The summed E-state index contributed by atoms with van der Waals surface area (Å²) in [5, 5.41) is 2.52. The van der Waals surface area contributed by atoms with Gasteiger partial charge in [0.15, 0.2) is 30.1 Å². The minimum Gasteiger partial charge on any atom is -0.479 e. The first-order chi connectivity index (χ1) is 12.2. The van der Waals surface area contributed by atoms with E-state index >= 15 is 0 Å². The van der Waals surface area contributed by atoms with Gasteiger partial charge < -0.3 is 20.5 Å². The smallest absolute Gasteiger partial charge is 0.405 e. The maximum absolute atomic E-state index is 13.5. The summed E-state index contributed by atoms with van der Waals surface area (Å²) in [7, 11) is 0. The molecule has 0 aromatic heterocycles. The first kappa shape index (κ1) is 19.5. The zero-order valence-electron chi connectivity index (χ0n) is 13.2. The van der Waals surface area contributed by atoms with Gasteiger partial charge in [0.05, 0.1) is 0 Å². The molecule has 11 heteroatoms. The van der Waals surface area contributed by atoms with Gasteiger partial charge in [-0.1, -0.05) is 0 Å². The number of carbonyl (C=O) groups is 3. The first-order valence-corrected chi connectivity index (χ1v) is 7.43. The molecule has 0 radical (unpaired) electrons. The second kappa shape index (κ2) is 8.02. The molecule has 1 aromatic rings. The molecule has 2 amide bonds. The van der Waals surface area contributed by atoms with Crippen LogP contribution in [0.25, 0.3) is 0 Å². The number of nitrogens with two attached hydrogens (primary N) is 1. The average Bonchev–Trinajstić information content (AvgIpc) is 2.96. The van der Waals surface area contributed by atoms with Gasteiger partial charge in [-0.2, -0.15) is 8.78 Å². The van der Waals surface area contributed by atoms with Crippen molar-refractivity contribution in [2.75, 3.05) is 13.2 Å². The lowest BCUT2D eigenvalue weighted by molar-refractivity contribution is -0.131. The predicted octanol–water partition coefficient (Wildman–Crippen LogP) is 1.18. The molecular weight excluding hydrogens is 364 g/mol. The molecule has 0 unspecified atom stereocenters. The fourth-order valence-corrected chi connectivity index (χ4v) is 2.43. The maximum Gasteiger partial charge on any atom is 0.405 e. The first-order valence-electron chi connectivity index (χ1n) is 7.43. The number of carbonyl (C=O) groups excluding carboxylic acids is 3. The zero-order chi connectivity index (χ0) is 19.4. The van der Waals surface area contributed by atoms with Gasteiger partial charge in [-0.15, -0.1) is 0 Å². The normalized spacial score (nSPS) is 17.5. The Bertz CT molecular complexity index is 717. The molecule has 1 aliphatic rings. The van der Waals surface area contributed by atoms with Gasteiger partial charge in [0.2, 0.25) is 23.3 Å². The number of hydrogen-bond donors (Lipinski definition) is 2. The third kappa shape index (κ3) is 4.41. The maximum atomic E-state index is 13.5. The third-order valence-electron chi connectivity index (χ3n) is 3.71. The van der Waals surface area contributed by atoms with E-state index in [4.69, 9.17) is 5.73 Å². The molecule has 0 saturated carbocycles. The number of Topliss-reactive ketones (excluding diaryl/α,β-unsaturated/α-hetero) is 1. The molecule has 1 aromatic carbocycles. The van der Waals surface area contributed by atoms with Crippen LogP contribution in [0.15, 0.2) is 6.07 Å². The van der Waals surface area contributed by atoms with Gasteiger partial charge in [0, 0.05) is 24.9 Å². The van der Waals surface area contributed by atoms with Crippen LogP contribution in [0.3, 0.4) is 0 Å². The van der Waals surface area contributed by atoms with Gasteiger partial charge in [0.1, 0.15) is 0 Å². The number of halogens is 4. The predicted molar refractivity (Wildman–Crippen MR) is 77.0 cm³/mol. The molecule has 7 nitrogen and oxygen atoms in total. The molecule has 1 fully saturated rings. The van der Waals surface area contributed by atoms with Crippen molar-refractivity contribution < 1.29 is 41.4 Å². The fraction of sp³-hybridized carbons (Fsp3) is 0.400. The average molecular weight is 378 g/mol. The fourth-order valence-electron chi connectivity index (χ4n) is 2.43. The molecular formula is C15H14F4N2O5. The highest BCUT2D eigenvalue weighted by molar-refractivity contribution is 5.88. The monoisotopic (exact) mass is 378 g/mol. The summed E-state index contributed by atoms with van der Waals surface area (Å²) in [4.78, 5) is 34.6. The van der Waals surface area contributed by atoms with Gasteiger partial charge >= 0.3 is 6.09 Å². The van der Waals surface area contributed by atoms with Crippen molar-refractivity contribution in [3.05, 3.63) is 29.3 Å². The number of ketones is 1. The molecule has 2 rings (SSSR count). The molecule has 26 heavy (non-hydrogen) atoms. The number of rotatable bonds is 7. The lowest BCUT2D eigenvalue weighted by atomic mass is 9.98. The van der Waals surface area contributed by atoms with Gasteiger partial charge in [-0.05, 0) is 6.42 Å². The van der Waals surface area contributed by atoms with Crippen LogP contribution in [0.4, 0.5) is 22.4 Å². The van der Waals surface area contributed by atoms with E-state index in [0.717, 1.165) is 0 Å². The van der Waals surface area contributed by atoms with Crippen molar-refractivity contribution >= 4 is 17.8 Å². The highest BCUT2D eigenvalue weighted by atomic mass is 19.2. The number of ether oxygens (including phenoxy) is 2. The van der Waals surface area contributed by atoms with Crippen molar-refractivity contribution in [3.63, 3.8) is 0 Å². The van der Waals surface area contributed by atoms with E-state index in [-0.39, 0.29) is 18.4 Å². The summed E-state index contributed by atoms with van der Waals surface area (Å²) in [5.41, 5.74) is 4.86. The molecule has 1 heterocycles. The SMILES string of the molecule is NC(=O)O[C@@H](C[C@@H]1CCNC1=O)C(=O)COc1c(F)c(F)cc(F)c1F. The van der Waals surface area contributed by atoms with E-state index in [1.165, 1.54) is 0 Å². The van der Waals surface area contributed by atoms with Crippen molar-refractivity contribution in [3.8, 4) is 5.75 Å². The Kier molecular flexibility index (Phi) is 6.01. The van der Waals surface area contributed by atoms with Crippen LogP contribution in [0.1, 0.15) is 12.8 Å². The lowest BCUT2D eigenvalue weighted by Crippen LogP contribution is -2.36. The molecule has 3 N–H and O–H groups in total.